The minimum Gasteiger partial charge on any atom is -0.361 e. The van der Waals surface area contributed by atoms with E-state index in [9.17, 15) is 4.79 Å². The molecule has 2 heterocycles. The van der Waals surface area contributed by atoms with Crippen LogP contribution >= 0.6 is 0 Å². The topological polar surface area (TPSA) is 46.3 Å². The molecule has 0 N–H and O–H groups in total. The van der Waals surface area contributed by atoms with Gasteiger partial charge in [0, 0.05) is 18.0 Å². The van der Waals surface area contributed by atoms with Crippen LogP contribution in [0.3, 0.4) is 0 Å². The van der Waals surface area contributed by atoms with Gasteiger partial charge in [0.1, 0.15) is 11.3 Å². The highest BCUT2D eigenvalue weighted by Crippen LogP contribution is 2.55. The van der Waals surface area contributed by atoms with E-state index in [4.69, 9.17) is 4.52 Å². The quantitative estimate of drug-likeness (QED) is 0.823. The minimum absolute atomic E-state index is 0.104. The average Bonchev–Trinajstić information content (AvgIpc) is 2.53. The van der Waals surface area contributed by atoms with Gasteiger partial charge in [-0.3, -0.25) is 4.79 Å². The van der Waals surface area contributed by atoms with Crippen molar-refractivity contribution in [3.8, 4) is 0 Å². The van der Waals surface area contributed by atoms with Crippen molar-refractivity contribution < 1.29 is 9.32 Å². The van der Waals surface area contributed by atoms with Crippen LogP contribution < -0.4 is 0 Å². The van der Waals surface area contributed by atoms with Crippen LogP contribution in [-0.2, 0) is 0 Å². The Labute approximate surface area is 114 Å². The van der Waals surface area contributed by atoms with Gasteiger partial charge in [-0.25, -0.2) is 0 Å². The zero-order chi connectivity index (χ0) is 13.8. The third-order valence-corrected chi connectivity index (χ3v) is 4.94. The first-order chi connectivity index (χ1) is 8.96. The second kappa shape index (κ2) is 4.09. The minimum atomic E-state index is 0.104. The van der Waals surface area contributed by atoms with Crippen molar-refractivity contribution in [2.75, 3.05) is 6.54 Å². The van der Waals surface area contributed by atoms with Crippen LogP contribution in [0.2, 0.25) is 0 Å². The van der Waals surface area contributed by atoms with Gasteiger partial charge in [-0.2, -0.15) is 0 Å². The maximum Gasteiger partial charge on any atom is 0.259 e. The van der Waals surface area contributed by atoms with Gasteiger partial charge >= 0.3 is 0 Å². The van der Waals surface area contributed by atoms with E-state index in [1.807, 2.05) is 18.7 Å². The van der Waals surface area contributed by atoms with Gasteiger partial charge in [-0.15, -0.1) is 0 Å². The number of hydrogen-bond donors (Lipinski definition) is 0. The first-order valence-electron chi connectivity index (χ1n) is 7.20. The third kappa shape index (κ3) is 1.65. The summed E-state index contributed by atoms with van der Waals surface area (Å²) in [4.78, 5) is 14.7. The molecule has 1 saturated heterocycles. The smallest absolute Gasteiger partial charge is 0.259 e. The van der Waals surface area contributed by atoms with Gasteiger partial charge in [-0.05, 0) is 32.6 Å². The van der Waals surface area contributed by atoms with Crippen molar-refractivity contribution in [2.24, 2.45) is 11.3 Å². The Morgan fingerprint density at radius 3 is 2.53 bits per heavy atom. The van der Waals surface area contributed by atoms with Crippen LogP contribution in [0.5, 0.6) is 0 Å². The molecule has 1 aromatic rings. The number of rotatable bonds is 2. The average molecular weight is 262 g/mol. The zero-order valence-corrected chi connectivity index (χ0v) is 12.2. The number of carbonyl (C=O) groups excluding carboxylic acids is 1. The summed E-state index contributed by atoms with van der Waals surface area (Å²) in [5.41, 5.74) is 1.79. The van der Waals surface area contributed by atoms with E-state index in [-0.39, 0.29) is 5.91 Å². The SMILES string of the molecule is Cc1noc(C)c1C(=O)N1CC2(CCC2)C1C(C)C. The molecule has 4 nitrogen and oxygen atoms in total. The van der Waals surface area contributed by atoms with E-state index in [0.717, 1.165) is 6.54 Å². The molecule has 1 amide bonds. The fourth-order valence-electron chi connectivity index (χ4n) is 4.03. The lowest BCUT2D eigenvalue weighted by Crippen LogP contribution is -2.70. The fourth-order valence-corrected chi connectivity index (χ4v) is 4.03. The number of aryl methyl sites for hydroxylation is 2. The second-order valence-electron chi connectivity index (χ2n) is 6.54. The number of nitrogens with zero attached hydrogens (tertiary/aromatic N) is 2. The monoisotopic (exact) mass is 262 g/mol. The lowest BCUT2D eigenvalue weighted by atomic mass is 9.55. The molecule has 1 aromatic heterocycles. The van der Waals surface area contributed by atoms with E-state index in [0.29, 0.717) is 34.4 Å². The van der Waals surface area contributed by atoms with Gasteiger partial charge < -0.3 is 9.42 Å². The molecule has 1 unspecified atom stereocenters. The Hall–Kier alpha value is -1.32. The molecule has 19 heavy (non-hydrogen) atoms. The van der Waals surface area contributed by atoms with E-state index in [1.165, 1.54) is 19.3 Å². The molecule has 0 bridgehead atoms. The number of aromatic nitrogens is 1. The van der Waals surface area contributed by atoms with E-state index < -0.39 is 0 Å². The van der Waals surface area contributed by atoms with Gasteiger partial charge in [0.15, 0.2) is 0 Å². The van der Waals surface area contributed by atoms with E-state index in [1.54, 1.807) is 0 Å². The molecule has 104 valence electrons. The molecular formula is C15H22N2O2. The Morgan fingerprint density at radius 2 is 2.11 bits per heavy atom. The maximum atomic E-state index is 12.7. The van der Waals surface area contributed by atoms with Gasteiger partial charge in [-0.1, -0.05) is 25.4 Å². The van der Waals surface area contributed by atoms with E-state index in [2.05, 4.69) is 19.0 Å². The summed E-state index contributed by atoms with van der Waals surface area (Å²) in [6.45, 7) is 9.01. The predicted molar refractivity (Wildman–Crippen MR) is 71.9 cm³/mol. The predicted octanol–water partition coefficient (Wildman–Crippen LogP) is 2.94. The van der Waals surface area contributed by atoms with Crippen molar-refractivity contribution in [3.63, 3.8) is 0 Å². The molecule has 1 atom stereocenters. The zero-order valence-electron chi connectivity index (χ0n) is 12.2. The summed E-state index contributed by atoms with van der Waals surface area (Å²) in [6, 6.07) is 0.391. The first-order valence-corrected chi connectivity index (χ1v) is 7.20. The first kappa shape index (κ1) is 12.7. The Morgan fingerprint density at radius 1 is 1.42 bits per heavy atom. The summed E-state index contributed by atoms with van der Waals surface area (Å²) in [7, 11) is 0. The molecular weight excluding hydrogens is 240 g/mol. The molecule has 1 aliphatic heterocycles. The maximum absolute atomic E-state index is 12.7. The van der Waals surface area contributed by atoms with E-state index >= 15 is 0 Å². The van der Waals surface area contributed by atoms with Crippen molar-refractivity contribution >= 4 is 5.91 Å². The molecule has 0 aromatic carbocycles. The summed E-state index contributed by atoms with van der Waals surface area (Å²) in [6.07, 6.45) is 3.87. The molecule has 1 saturated carbocycles. The molecule has 1 spiro atoms. The number of amides is 1. The molecule has 0 radical (unpaired) electrons. The van der Waals surface area contributed by atoms with Gasteiger partial charge in [0.2, 0.25) is 0 Å². The summed E-state index contributed by atoms with van der Waals surface area (Å²) in [5, 5.41) is 3.90. The van der Waals surface area contributed by atoms with Crippen LogP contribution in [0.4, 0.5) is 0 Å². The normalized spacial score (nSPS) is 24.5. The Balaban J connectivity index is 1.85. The highest BCUT2D eigenvalue weighted by molar-refractivity contribution is 5.97. The number of carbonyl (C=O) groups is 1. The lowest BCUT2D eigenvalue weighted by Gasteiger charge is -2.64. The summed E-state index contributed by atoms with van der Waals surface area (Å²) in [5.74, 6) is 1.26. The molecule has 3 rings (SSSR count). The summed E-state index contributed by atoms with van der Waals surface area (Å²) >= 11 is 0. The lowest BCUT2D eigenvalue weighted by molar-refractivity contribution is -0.120. The van der Waals surface area contributed by atoms with Crippen molar-refractivity contribution in [1.29, 1.82) is 0 Å². The van der Waals surface area contributed by atoms with Gasteiger partial charge in [0.05, 0.1) is 5.69 Å². The molecule has 1 aliphatic carbocycles. The molecule has 4 heteroatoms. The summed E-state index contributed by atoms with van der Waals surface area (Å²) < 4.78 is 5.13. The van der Waals surface area contributed by atoms with Crippen LogP contribution in [0, 0.1) is 25.2 Å². The van der Waals surface area contributed by atoms with Crippen LogP contribution in [0.1, 0.15) is 54.9 Å². The number of likely N-dealkylation sites (tertiary alicyclic amines) is 1. The van der Waals surface area contributed by atoms with Crippen molar-refractivity contribution in [1.82, 2.24) is 10.1 Å². The Kier molecular flexibility index (Phi) is 2.73. The van der Waals surface area contributed by atoms with Crippen LogP contribution in [0.25, 0.3) is 0 Å². The largest absolute Gasteiger partial charge is 0.361 e. The molecule has 2 fully saturated rings. The third-order valence-electron chi connectivity index (χ3n) is 4.94. The van der Waals surface area contributed by atoms with Gasteiger partial charge in [0.25, 0.3) is 5.91 Å². The number of hydrogen-bond acceptors (Lipinski definition) is 3. The highest BCUT2D eigenvalue weighted by Gasteiger charge is 2.58. The van der Waals surface area contributed by atoms with Crippen LogP contribution in [-0.4, -0.2) is 28.6 Å². The highest BCUT2D eigenvalue weighted by atomic mass is 16.5. The van der Waals surface area contributed by atoms with Crippen molar-refractivity contribution in [3.05, 3.63) is 17.0 Å². The second-order valence-corrected chi connectivity index (χ2v) is 6.54. The standard InChI is InChI=1S/C15H22N2O2/c1-9(2)13-15(6-5-7-15)8-17(13)14(18)12-10(3)16-19-11(12)4/h9,13H,5-8H2,1-4H3. The van der Waals surface area contributed by atoms with Crippen molar-refractivity contribution in [2.45, 2.75) is 53.0 Å². The Bertz CT molecular complexity index is 495. The fraction of sp³-hybridized carbons (Fsp3) is 0.733. The molecule has 2 aliphatic rings. The van der Waals surface area contributed by atoms with Crippen LogP contribution in [0.15, 0.2) is 4.52 Å².